The molecule has 3 aromatic rings. The van der Waals surface area contributed by atoms with Crippen molar-refractivity contribution in [3.05, 3.63) is 83.8 Å². The highest BCUT2D eigenvalue weighted by atomic mass is 16.5. The standard InChI is InChI=1S/C30H38N2O5/c1-6-26(24-11-8-7-9-12-24)30(34)32(22(2)3)21-29(33)31(20-25-13-10-18-37-25)17-16-23-14-15-27(35-4)28(19-23)36-5/h7-15,18-19,22,26H,6,16-17,20-21H2,1-5H3. The van der Waals surface area contributed by atoms with Gasteiger partial charge in [-0.25, -0.2) is 0 Å². The lowest BCUT2D eigenvalue weighted by Crippen LogP contribution is -2.47. The smallest absolute Gasteiger partial charge is 0.242 e. The second-order valence-electron chi connectivity index (χ2n) is 9.27. The van der Waals surface area contributed by atoms with Crippen LogP contribution in [-0.4, -0.2) is 55.0 Å². The molecule has 0 aliphatic heterocycles. The molecule has 0 bridgehead atoms. The summed E-state index contributed by atoms with van der Waals surface area (Å²) in [5, 5.41) is 0. The number of benzene rings is 2. The Morgan fingerprint density at radius 1 is 0.946 bits per heavy atom. The van der Waals surface area contributed by atoms with Crippen molar-refractivity contribution in [3.8, 4) is 11.5 Å². The van der Waals surface area contributed by atoms with Crippen LogP contribution >= 0.6 is 0 Å². The zero-order valence-electron chi connectivity index (χ0n) is 22.5. The van der Waals surface area contributed by atoms with Gasteiger partial charge in [-0.05, 0) is 62.1 Å². The van der Waals surface area contributed by atoms with Crippen molar-refractivity contribution in [2.45, 2.75) is 52.1 Å². The Morgan fingerprint density at radius 2 is 1.68 bits per heavy atom. The highest BCUT2D eigenvalue weighted by Crippen LogP contribution is 2.28. The zero-order chi connectivity index (χ0) is 26.8. The fourth-order valence-electron chi connectivity index (χ4n) is 4.38. The monoisotopic (exact) mass is 506 g/mol. The zero-order valence-corrected chi connectivity index (χ0v) is 22.5. The largest absolute Gasteiger partial charge is 0.493 e. The third-order valence-electron chi connectivity index (χ3n) is 6.52. The molecule has 0 N–H and O–H groups in total. The van der Waals surface area contributed by atoms with E-state index < -0.39 is 0 Å². The van der Waals surface area contributed by atoms with Gasteiger partial charge in [0.25, 0.3) is 0 Å². The summed E-state index contributed by atoms with van der Waals surface area (Å²) in [7, 11) is 3.20. The molecule has 0 spiro atoms. The summed E-state index contributed by atoms with van der Waals surface area (Å²) in [6, 6.07) is 19.0. The molecule has 0 radical (unpaired) electrons. The first-order chi connectivity index (χ1) is 17.9. The van der Waals surface area contributed by atoms with Crippen molar-refractivity contribution in [1.82, 2.24) is 9.80 Å². The first-order valence-corrected chi connectivity index (χ1v) is 12.7. The molecular formula is C30H38N2O5. The van der Waals surface area contributed by atoms with Crippen LogP contribution in [0.2, 0.25) is 0 Å². The van der Waals surface area contributed by atoms with Gasteiger partial charge in [-0.2, -0.15) is 0 Å². The summed E-state index contributed by atoms with van der Waals surface area (Å²) >= 11 is 0. The summed E-state index contributed by atoms with van der Waals surface area (Å²) < 4.78 is 16.3. The second kappa shape index (κ2) is 13.5. The number of nitrogens with zero attached hydrogens (tertiary/aromatic N) is 2. The summed E-state index contributed by atoms with van der Waals surface area (Å²) in [6.45, 7) is 6.70. The van der Waals surface area contributed by atoms with Crippen molar-refractivity contribution in [2.24, 2.45) is 0 Å². The fourth-order valence-corrected chi connectivity index (χ4v) is 4.38. The molecule has 0 aliphatic carbocycles. The summed E-state index contributed by atoms with van der Waals surface area (Å²) in [6.07, 6.45) is 2.88. The lowest BCUT2D eigenvalue weighted by atomic mass is 9.94. The van der Waals surface area contributed by atoms with Crippen LogP contribution in [0.1, 0.15) is 50.0 Å². The molecule has 0 saturated carbocycles. The van der Waals surface area contributed by atoms with Crippen LogP contribution in [0.5, 0.6) is 11.5 Å². The van der Waals surface area contributed by atoms with Gasteiger partial charge in [0.2, 0.25) is 11.8 Å². The Kier molecular flexibility index (Phi) is 10.2. The number of hydrogen-bond donors (Lipinski definition) is 0. The average Bonchev–Trinajstić information content (AvgIpc) is 3.43. The van der Waals surface area contributed by atoms with Crippen molar-refractivity contribution in [3.63, 3.8) is 0 Å². The Labute approximate surface area is 220 Å². The highest BCUT2D eigenvalue weighted by molar-refractivity contribution is 5.88. The highest BCUT2D eigenvalue weighted by Gasteiger charge is 2.29. The molecule has 7 heteroatoms. The van der Waals surface area contributed by atoms with E-state index in [1.807, 2.05) is 81.4 Å². The molecule has 3 rings (SSSR count). The third kappa shape index (κ3) is 7.38. The number of hydrogen-bond acceptors (Lipinski definition) is 5. The third-order valence-corrected chi connectivity index (χ3v) is 6.52. The normalized spacial score (nSPS) is 11.7. The quantitative estimate of drug-likeness (QED) is 0.315. The van der Waals surface area contributed by atoms with Crippen LogP contribution in [0.25, 0.3) is 0 Å². The maximum Gasteiger partial charge on any atom is 0.242 e. The van der Waals surface area contributed by atoms with Gasteiger partial charge in [0.05, 0.1) is 32.9 Å². The van der Waals surface area contributed by atoms with Gasteiger partial charge in [0.1, 0.15) is 12.3 Å². The number of methoxy groups -OCH3 is 2. The predicted molar refractivity (Wildman–Crippen MR) is 144 cm³/mol. The van der Waals surface area contributed by atoms with Gasteiger partial charge in [0, 0.05) is 12.6 Å². The fraction of sp³-hybridized carbons (Fsp3) is 0.400. The molecule has 0 saturated heterocycles. The Balaban J connectivity index is 1.78. The molecule has 1 atom stereocenters. The van der Waals surface area contributed by atoms with Crippen molar-refractivity contribution >= 4 is 11.8 Å². The van der Waals surface area contributed by atoms with Gasteiger partial charge in [0.15, 0.2) is 11.5 Å². The Hall–Kier alpha value is -3.74. The summed E-state index contributed by atoms with van der Waals surface area (Å²) in [5.74, 6) is 1.55. The number of carbonyl (C=O) groups excluding carboxylic acids is 2. The van der Waals surface area contributed by atoms with Gasteiger partial charge in [-0.3, -0.25) is 9.59 Å². The van der Waals surface area contributed by atoms with E-state index in [9.17, 15) is 9.59 Å². The molecule has 1 aromatic heterocycles. The van der Waals surface area contributed by atoms with Crippen LogP contribution in [0.3, 0.4) is 0 Å². The molecule has 0 fully saturated rings. The van der Waals surface area contributed by atoms with E-state index in [-0.39, 0.29) is 30.3 Å². The number of carbonyl (C=O) groups is 2. The minimum absolute atomic E-state index is 0.00642. The van der Waals surface area contributed by atoms with Crippen molar-refractivity contribution in [2.75, 3.05) is 27.3 Å². The molecule has 1 heterocycles. The van der Waals surface area contributed by atoms with Crippen LogP contribution in [0.15, 0.2) is 71.3 Å². The topological polar surface area (TPSA) is 72.2 Å². The van der Waals surface area contributed by atoms with Gasteiger partial charge in [-0.1, -0.05) is 43.3 Å². The van der Waals surface area contributed by atoms with E-state index in [2.05, 4.69) is 0 Å². The van der Waals surface area contributed by atoms with Crippen LogP contribution < -0.4 is 9.47 Å². The van der Waals surface area contributed by atoms with Crippen LogP contribution in [0, 0.1) is 0 Å². The summed E-state index contributed by atoms with van der Waals surface area (Å²) in [4.78, 5) is 30.7. The number of amides is 2. The lowest BCUT2D eigenvalue weighted by molar-refractivity contribution is -0.143. The van der Waals surface area contributed by atoms with E-state index in [1.54, 1.807) is 30.3 Å². The molecule has 2 amide bonds. The molecule has 2 aromatic carbocycles. The maximum atomic E-state index is 13.6. The second-order valence-corrected chi connectivity index (χ2v) is 9.27. The van der Waals surface area contributed by atoms with E-state index >= 15 is 0 Å². The van der Waals surface area contributed by atoms with Gasteiger partial charge < -0.3 is 23.7 Å². The maximum absolute atomic E-state index is 13.6. The predicted octanol–water partition coefficient (Wildman–Crippen LogP) is 5.30. The molecule has 37 heavy (non-hydrogen) atoms. The minimum atomic E-state index is -0.290. The molecule has 1 unspecified atom stereocenters. The van der Waals surface area contributed by atoms with E-state index in [0.29, 0.717) is 43.2 Å². The van der Waals surface area contributed by atoms with Gasteiger partial charge in [-0.15, -0.1) is 0 Å². The number of ether oxygens (including phenoxy) is 2. The number of furan rings is 1. The lowest BCUT2D eigenvalue weighted by Gasteiger charge is -2.32. The van der Waals surface area contributed by atoms with Crippen molar-refractivity contribution in [1.29, 1.82) is 0 Å². The first kappa shape index (κ1) is 27.8. The average molecular weight is 507 g/mol. The van der Waals surface area contributed by atoms with Crippen molar-refractivity contribution < 1.29 is 23.5 Å². The number of rotatable bonds is 13. The van der Waals surface area contributed by atoms with Crippen LogP contribution in [-0.2, 0) is 22.6 Å². The first-order valence-electron chi connectivity index (χ1n) is 12.7. The molecule has 0 aliphatic rings. The van der Waals surface area contributed by atoms with Crippen LogP contribution in [0.4, 0.5) is 0 Å². The molecule has 7 nitrogen and oxygen atoms in total. The van der Waals surface area contributed by atoms with E-state index in [1.165, 1.54) is 0 Å². The molecular weight excluding hydrogens is 468 g/mol. The summed E-state index contributed by atoms with van der Waals surface area (Å²) in [5.41, 5.74) is 1.98. The Bertz CT molecular complexity index is 1130. The van der Waals surface area contributed by atoms with E-state index in [4.69, 9.17) is 13.9 Å². The Morgan fingerprint density at radius 3 is 2.27 bits per heavy atom. The SMILES string of the molecule is CCC(C(=O)N(CC(=O)N(CCc1ccc(OC)c(OC)c1)Cc1ccco1)C(C)C)c1ccccc1. The van der Waals surface area contributed by atoms with E-state index in [0.717, 1.165) is 11.1 Å². The molecule has 198 valence electrons. The minimum Gasteiger partial charge on any atom is -0.493 e. The van der Waals surface area contributed by atoms with Gasteiger partial charge >= 0.3 is 0 Å².